The number of rotatable bonds is 7. The fraction of sp³-hybridized carbons (Fsp3) is 0.357. The summed E-state index contributed by atoms with van der Waals surface area (Å²) >= 11 is 0. The summed E-state index contributed by atoms with van der Waals surface area (Å²) in [6, 6.07) is 11.3. The Bertz CT molecular complexity index is 488. The van der Waals surface area contributed by atoms with E-state index in [-0.39, 0.29) is 12.4 Å². The smallest absolute Gasteiger partial charge is 0.254 e. The van der Waals surface area contributed by atoms with E-state index in [2.05, 4.69) is 5.16 Å². The van der Waals surface area contributed by atoms with Gasteiger partial charge in [0.15, 0.2) is 5.76 Å². The first-order valence-electron chi connectivity index (χ1n) is 6.15. The second-order valence-electron chi connectivity index (χ2n) is 4.38. The van der Waals surface area contributed by atoms with Crippen molar-refractivity contribution in [3.63, 3.8) is 0 Å². The van der Waals surface area contributed by atoms with Gasteiger partial charge in [-0.15, -0.1) is 12.4 Å². The molecule has 0 saturated carbocycles. The third-order valence-corrected chi connectivity index (χ3v) is 2.45. The highest BCUT2D eigenvalue weighted by Gasteiger charge is 2.06. The van der Waals surface area contributed by atoms with Gasteiger partial charge in [-0.3, -0.25) is 0 Å². The lowest BCUT2D eigenvalue weighted by Crippen LogP contribution is -2.19. The van der Waals surface area contributed by atoms with Crippen LogP contribution >= 0.6 is 12.4 Å². The van der Waals surface area contributed by atoms with E-state index in [0.29, 0.717) is 24.9 Å². The molecule has 1 aromatic carbocycles. The quantitative estimate of drug-likeness (QED) is 0.786. The van der Waals surface area contributed by atoms with Gasteiger partial charge in [-0.25, -0.2) is 0 Å². The maximum atomic E-state index is 5.55. The molecule has 5 nitrogen and oxygen atoms in total. The minimum absolute atomic E-state index is 0. The van der Waals surface area contributed by atoms with Gasteiger partial charge in [0.25, 0.3) is 5.88 Å². The fourth-order valence-electron chi connectivity index (χ4n) is 1.43. The fourth-order valence-corrected chi connectivity index (χ4v) is 1.43. The highest BCUT2D eigenvalue weighted by molar-refractivity contribution is 5.85. The van der Waals surface area contributed by atoms with Crippen molar-refractivity contribution in [3.8, 4) is 11.6 Å². The Morgan fingerprint density at radius 2 is 1.90 bits per heavy atom. The van der Waals surface area contributed by atoms with Crippen LogP contribution in [0, 0.1) is 0 Å². The molecule has 0 atom stereocenters. The van der Waals surface area contributed by atoms with Crippen LogP contribution in [0.15, 0.2) is 40.9 Å². The van der Waals surface area contributed by atoms with Crippen molar-refractivity contribution >= 4 is 12.4 Å². The molecule has 1 heterocycles. The average molecular weight is 299 g/mol. The zero-order valence-corrected chi connectivity index (χ0v) is 12.4. The Hall–Kier alpha value is -1.72. The summed E-state index contributed by atoms with van der Waals surface area (Å²) in [6.45, 7) is 1.76. The van der Waals surface area contributed by atoms with Gasteiger partial charge in [0.05, 0.1) is 0 Å². The van der Waals surface area contributed by atoms with Gasteiger partial charge in [0, 0.05) is 12.6 Å². The molecule has 0 saturated heterocycles. The molecule has 0 N–H and O–H groups in total. The number of benzene rings is 1. The number of hydrogen-bond acceptors (Lipinski definition) is 5. The van der Waals surface area contributed by atoms with Crippen LogP contribution in [0.5, 0.6) is 11.6 Å². The van der Waals surface area contributed by atoms with Crippen molar-refractivity contribution < 1.29 is 14.0 Å². The van der Waals surface area contributed by atoms with Crippen molar-refractivity contribution in [1.82, 2.24) is 10.1 Å². The molecule has 0 spiro atoms. The van der Waals surface area contributed by atoms with E-state index in [1.54, 1.807) is 6.07 Å². The van der Waals surface area contributed by atoms with Crippen LogP contribution in [-0.4, -0.2) is 37.3 Å². The molecule has 0 radical (unpaired) electrons. The van der Waals surface area contributed by atoms with Crippen molar-refractivity contribution in [2.45, 2.75) is 6.61 Å². The number of halogens is 1. The normalized spacial score (nSPS) is 10.2. The van der Waals surface area contributed by atoms with Crippen molar-refractivity contribution in [2.24, 2.45) is 0 Å². The van der Waals surface area contributed by atoms with E-state index >= 15 is 0 Å². The number of aromatic nitrogens is 1. The summed E-state index contributed by atoms with van der Waals surface area (Å²) in [5, 5.41) is 3.83. The SMILES string of the molecule is CN(C)CCOc1cc(COc2ccccc2)on1.Cl. The third-order valence-electron chi connectivity index (χ3n) is 2.45. The molecule has 0 aliphatic heterocycles. The summed E-state index contributed by atoms with van der Waals surface area (Å²) in [4.78, 5) is 2.04. The van der Waals surface area contributed by atoms with E-state index < -0.39 is 0 Å². The number of para-hydroxylation sites is 1. The Kier molecular flexibility index (Phi) is 6.90. The van der Waals surface area contributed by atoms with E-state index in [1.807, 2.05) is 49.3 Å². The summed E-state index contributed by atoms with van der Waals surface area (Å²) in [7, 11) is 3.98. The van der Waals surface area contributed by atoms with E-state index in [0.717, 1.165) is 12.3 Å². The van der Waals surface area contributed by atoms with Crippen LogP contribution < -0.4 is 9.47 Å². The topological polar surface area (TPSA) is 47.7 Å². The molecule has 2 aromatic rings. The Morgan fingerprint density at radius 1 is 1.15 bits per heavy atom. The molecule has 6 heteroatoms. The van der Waals surface area contributed by atoms with Gasteiger partial charge in [-0.1, -0.05) is 18.2 Å². The summed E-state index contributed by atoms with van der Waals surface area (Å²) in [5.41, 5.74) is 0. The highest BCUT2D eigenvalue weighted by atomic mass is 35.5. The molecule has 2 rings (SSSR count). The molecule has 0 bridgehead atoms. The van der Waals surface area contributed by atoms with Gasteiger partial charge < -0.3 is 18.9 Å². The first-order valence-corrected chi connectivity index (χ1v) is 6.15. The zero-order chi connectivity index (χ0) is 13.5. The molecule has 0 aliphatic rings. The molecule has 20 heavy (non-hydrogen) atoms. The molecule has 0 aliphatic carbocycles. The maximum Gasteiger partial charge on any atom is 0.254 e. The second-order valence-corrected chi connectivity index (χ2v) is 4.38. The van der Waals surface area contributed by atoms with Gasteiger partial charge in [-0.2, -0.15) is 0 Å². The summed E-state index contributed by atoms with van der Waals surface area (Å²) in [5.74, 6) is 1.94. The van der Waals surface area contributed by atoms with Crippen LogP contribution in [-0.2, 0) is 6.61 Å². The Balaban J connectivity index is 0.00000200. The van der Waals surface area contributed by atoms with E-state index in [9.17, 15) is 0 Å². The Morgan fingerprint density at radius 3 is 2.60 bits per heavy atom. The van der Waals surface area contributed by atoms with Crippen LogP contribution in [0.25, 0.3) is 0 Å². The highest BCUT2D eigenvalue weighted by Crippen LogP contribution is 2.15. The molecule has 0 unspecified atom stereocenters. The predicted octanol–water partition coefficient (Wildman–Crippen LogP) is 2.62. The number of nitrogens with zero attached hydrogens (tertiary/aromatic N) is 2. The molecule has 1 aromatic heterocycles. The molecule has 0 fully saturated rings. The monoisotopic (exact) mass is 298 g/mol. The first-order chi connectivity index (χ1) is 9.24. The largest absolute Gasteiger partial charge is 0.486 e. The van der Waals surface area contributed by atoms with Crippen LogP contribution in [0.1, 0.15) is 5.76 Å². The molecule has 110 valence electrons. The summed E-state index contributed by atoms with van der Waals surface area (Å²) < 4.78 is 16.1. The standard InChI is InChI=1S/C14H18N2O3.ClH/c1-16(2)8-9-17-14-10-13(19-15-14)11-18-12-6-4-3-5-7-12;/h3-7,10H,8-9,11H2,1-2H3;1H. The minimum Gasteiger partial charge on any atom is -0.486 e. The summed E-state index contributed by atoms with van der Waals surface area (Å²) in [6.07, 6.45) is 0. The average Bonchev–Trinajstić information content (AvgIpc) is 2.85. The van der Waals surface area contributed by atoms with Crippen LogP contribution in [0.2, 0.25) is 0 Å². The minimum atomic E-state index is 0. The number of hydrogen-bond donors (Lipinski definition) is 0. The van der Waals surface area contributed by atoms with Crippen molar-refractivity contribution in [2.75, 3.05) is 27.2 Å². The van der Waals surface area contributed by atoms with Gasteiger partial charge in [0.1, 0.15) is 19.0 Å². The lowest BCUT2D eigenvalue weighted by Gasteiger charge is -2.08. The predicted molar refractivity (Wildman–Crippen MR) is 78.6 cm³/mol. The maximum absolute atomic E-state index is 5.55. The third kappa shape index (κ3) is 5.50. The van der Waals surface area contributed by atoms with Crippen LogP contribution in [0.4, 0.5) is 0 Å². The Labute approximate surface area is 124 Å². The number of ether oxygens (including phenoxy) is 2. The van der Waals surface area contributed by atoms with E-state index in [4.69, 9.17) is 14.0 Å². The zero-order valence-electron chi connectivity index (χ0n) is 11.6. The molecular formula is C14H19ClN2O3. The lowest BCUT2D eigenvalue weighted by atomic mass is 10.3. The second kappa shape index (κ2) is 8.45. The van der Waals surface area contributed by atoms with Crippen LogP contribution in [0.3, 0.4) is 0 Å². The molecular weight excluding hydrogens is 280 g/mol. The van der Waals surface area contributed by atoms with Crippen molar-refractivity contribution in [1.29, 1.82) is 0 Å². The van der Waals surface area contributed by atoms with E-state index in [1.165, 1.54) is 0 Å². The van der Waals surface area contributed by atoms with Gasteiger partial charge >= 0.3 is 0 Å². The van der Waals surface area contributed by atoms with Gasteiger partial charge in [-0.05, 0) is 31.4 Å². The molecule has 0 amide bonds. The van der Waals surface area contributed by atoms with Gasteiger partial charge in [0.2, 0.25) is 0 Å². The first kappa shape index (κ1) is 16.3. The van der Waals surface area contributed by atoms with Crippen molar-refractivity contribution in [3.05, 3.63) is 42.2 Å². The lowest BCUT2D eigenvalue weighted by molar-refractivity contribution is 0.226. The number of likely N-dealkylation sites (N-methyl/N-ethyl adjacent to an activating group) is 1.